The van der Waals surface area contributed by atoms with Crippen LogP contribution in [-0.4, -0.2) is 50.1 Å². The molecule has 1 saturated heterocycles. The lowest BCUT2D eigenvalue weighted by molar-refractivity contribution is 0.321. The molecule has 1 aliphatic rings. The molecule has 0 spiro atoms. The average molecular weight is 309 g/mol. The molecule has 0 bridgehead atoms. The number of hydrogen-bond acceptors (Lipinski definition) is 5. The van der Waals surface area contributed by atoms with Gasteiger partial charge in [0.15, 0.2) is 0 Å². The van der Waals surface area contributed by atoms with Gasteiger partial charge in [-0.15, -0.1) is 0 Å². The predicted molar refractivity (Wildman–Crippen MR) is 81.9 cm³/mol. The second-order valence-corrected chi connectivity index (χ2v) is 7.53. The number of fused-ring (bicyclic) bond motifs is 1. The standard InChI is InChI=1S/C14H19N3O3S/c1-16(21(2,18)19)11-4-3-8-17(10-11)14-12-6-9-20-13(12)5-7-15-14/h5-7,9,11H,3-4,8,10H2,1-2H3. The molecule has 0 N–H and O–H groups in total. The molecule has 0 aromatic carbocycles. The summed E-state index contributed by atoms with van der Waals surface area (Å²) in [5.74, 6) is 0.868. The Hall–Kier alpha value is -1.60. The quantitative estimate of drug-likeness (QED) is 0.863. The normalized spacial score (nSPS) is 20.3. The van der Waals surface area contributed by atoms with E-state index in [9.17, 15) is 8.42 Å². The van der Waals surface area contributed by atoms with E-state index in [1.807, 2.05) is 12.1 Å². The Kier molecular flexibility index (Phi) is 3.62. The van der Waals surface area contributed by atoms with Gasteiger partial charge in [-0.2, -0.15) is 0 Å². The van der Waals surface area contributed by atoms with E-state index in [0.717, 1.165) is 36.2 Å². The summed E-state index contributed by atoms with van der Waals surface area (Å²) >= 11 is 0. The number of rotatable bonds is 3. The fourth-order valence-electron chi connectivity index (χ4n) is 2.85. The Balaban J connectivity index is 1.88. The molecule has 3 rings (SSSR count). The fourth-order valence-corrected chi connectivity index (χ4v) is 3.56. The van der Waals surface area contributed by atoms with Crippen LogP contribution in [0.15, 0.2) is 29.0 Å². The van der Waals surface area contributed by atoms with Crippen LogP contribution in [0.3, 0.4) is 0 Å². The van der Waals surface area contributed by atoms with Crippen molar-refractivity contribution in [3.05, 3.63) is 24.6 Å². The minimum atomic E-state index is -3.17. The van der Waals surface area contributed by atoms with Gasteiger partial charge in [0, 0.05) is 32.4 Å². The molecule has 0 saturated carbocycles. The molecular formula is C14H19N3O3S. The van der Waals surface area contributed by atoms with Gasteiger partial charge >= 0.3 is 0 Å². The summed E-state index contributed by atoms with van der Waals surface area (Å²) < 4.78 is 30.3. The molecule has 0 amide bonds. The van der Waals surface area contributed by atoms with Crippen LogP contribution in [0.2, 0.25) is 0 Å². The Bertz CT molecular complexity index is 741. The smallest absolute Gasteiger partial charge is 0.211 e. The van der Waals surface area contributed by atoms with Gasteiger partial charge in [0.25, 0.3) is 0 Å². The Morgan fingerprint density at radius 3 is 3.00 bits per heavy atom. The van der Waals surface area contributed by atoms with Gasteiger partial charge in [-0.3, -0.25) is 0 Å². The number of aromatic nitrogens is 1. The van der Waals surface area contributed by atoms with Crippen LogP contribution in [0.5, 0.6) is 0 Å². The van der Waals surface area contributed by atoms with Crippen molar-refractivity contribution < 1.29 is 12.8 Å². The maximum Gasteiger partial charge on any atom is 0.211 e. The van der Waals surface area contributed by atoms with Gasteiger partial charge in [-0.25, -0.2) is 17.7 Å². The van der Waals surface area contributed by atoms with Crippen LogP contribution in [0.1, 0.15) is 12.8 Å². The number of sulfonamides is 1. The summed E-state index contributed by atoms with van der Waals surface area (Å²) in [6.45, 7) is 1.53. The Labute approximate surface area is 124 Å². The molecule has 3 heterocycles. The summed E-state index contributed by atoms with van der Waals surface area (Å²) in [6, 6.07) is 3.72. The van der Waals surface area contributed by atoms with E-state index in [1.54, 1.807) is 19.5 Å². The average Bonchev–Trinajstić information content (AvgIpc) is 2.94. The van der Waals surface area contributed by atoms with Crippen molar-refractivity contribution in [3.8, 4) is 0 Å². The molecule has 6 nitrogen and oxygen atoms in total. The molecular weight excluding hydrogens is 290 g/mol. The van der Waals surface area contributed by atoms with E-state index in [-0.39, 0.29) is 6.04 Å². The van der Waals surface area contributed by atoms with Crippen LogP contribution < -0.4 is 4.90 Å². The first-order valence-corrected chi connectivity index (χ1v) is 8.82. The SMILES string of the molecule is CN(C1CCCN(c2nccc3occc23)C1)S(C)(=O)=O. The van der Waals surface area contributed by atoms with Crippen molar-refractivity contribution in [1.82, 2.24) is 9.29 Å². The molecule has 2 aromatic heterocycles. The van der Waals surface area contributed by atoms with Crippen LogP contribution in [0, 0.1) is 0 Å². The van der Waals surface area contributed by atoms with E-state index < -0.39 is 10.0 Å². The van der Waals surface area contributed by atoms with Crippen LogP contribution in [0.4, 0.5) is 5.82 Å². The van der Waals surface area contributed by atoms with Gasteiger partial charge in [0.1, 0.15) is 11.4 Å². The minimum Gasteiger partial charge on any atom is -0.464 e. The molecule has 7 heteroatoms. The highest BCUT2D eigenvalue weighted by atomic mass is 32.2. The summed E-state index contributed by atoms with van der Waals surface area (Å²) in [7, 11) is -1.52. The summed E-state index contributed by atoms with van der Waals surface area (Å²) in [5, 5.41) is 0.972. The number of furan rings is 1. The van der Waals surface area contributed by atoms with E-state index >= 15 is 0 Å². The molecule has 1 atom stereocenters. The predicted octanol–water partition coefficient (Wildman–Crippen LogP) is 1.69. The number of nitrogens with zero attached hydrogens (tertiary/aromatic N) is 3. The van der Waals surface area contributed by atoms with Crippen LogP contribution in [0.25, 0.3) is 11.0 Å². The van der Waals surface area contributed by atoms with Gasteiger partial charge in [-0.1, -0.05) is 0 Å². The molecule has 114 valence electrons. The zero-order chi connectivity index (χ0) is 15.0. The van der Waals surface area contributed by atoms with E-state index in [0.29, 0.717) is 6.54 Å². The number of anilines is 1. The largest absolute Gasteiger partial charge is 0.464 e. The maximum atomic E-state index is 11.7. The highest BCUT2D eigenvalue weighted by Gasteiger charge is 2.29. The second kappa shape index (κ2) is 5.31. The van der Waals surface area contributed by atoms with Gasteiger partial charge in [0.2, 0.25) is 10.0 Å². The lowest BCUT2D eigenvalue weighted by Gasteiger charge is -2.37. The zero-order valence-corrected chi connectivity index (χ0v) is 13.0. The molecule has 0 radical (unpaired) electrons. The molecule has 1 unspecified atom stereocenters. The van der Waals surface area contributed by atoms with Crippen molar-refractivity contribution in [2.75, 3.05) is 31.3 Å². The van der Waals surface area contributed by atoms with Crippen molar-refractivity contribution >= 4 is 26.8 Å². The molecule has 1 fully saturated rings. The number of piperidine rings is 1. The summed E-state index contributed by atoms with van der Waals surface area (Å²) in [6.07, 6.45) is 6.45. The van der Waals surface area contributed by atoms with Gasteiger partial charge in [0.05, 0.1) is 17.9 Å². The van der Waals surface area contributed by atoms with E-state index in [2.05, 4.69) is 9.88 Å². The molecule has 21 heavy (non-hydrogen) atoms. The minimum absolute atomic E-state index is 0.0160. The lowest BCUT2D eigenvalue weighted by atomic mass is 10.1. The highest BCUT2D eigenvalue weighted by Crippen LogP contribution is 2.28. The third kappa shape index (κ3) is 2.75. The number of likely N-dealkylation sites (N-methyl/N-ethyl adjacent to an activating group) is 1. The molecule has 1 aliphatic heterocycles. The van der Waals surface area contributed by atoms with Gasteiger partial charge in [-0.05, 0) is 25.0 Å². The number of pyridine rings is 1. The fraction of sp³-hybridized carbons (Fsp3) is 0.500. The monoisotopic (exact) mass is 309 g/mol. The van der Waals surface area contributed by atoms with Crippen molar-refractivity contribution in [1.29, 1.82) is 0 Å². The topological polar surface area (TPSA) is 66.7 Å². The van der Waals surface area contributed by atoms with Gasteiger partial charge < -0.3 is 9.32 Å². The summed E-state index contributed by atoms with van der Waals surface area (Å²) in [4.78, 5) is 6.60. The van der Waals surface area contributed by atoms with E-state index in [1.165, 1.54) is 10.6 Å². The highest BCUT2D eigenvalue weighted by molar-refractivity contribution is 7.88. The first kappa shape index (κ1) is 14.3. The van der Waals surface area contributed by atoms with Crippen LogP contribution in [-0.2, 0) is 10.0 Å². The third-order valence-corrected chi connectivity index (χ3v) is 5.44. The third-order valence-electron chi connectivity index (χ3n) is 4.09. The van der Waals surface area contributed by atoms with Crippen molar-refractivity contribution in [2.24, 2.45) is 0 Å². The van der Waals surface area contributed by atoms with E-state index in [4.69, 9.17) is 4.42 Å². The Morgan fingerprint density at radius 2 is 2.24 bits per heavy atom. The zero-order valence-electron chi connectivity index (χ0n) is 12.2. The summed E-state index contributed by atoms with van der Waals surface area (Å²) in [5.41, 5.74) is 0.804. The lowest BCUT2D eigenvalue weighted by Crippen LogP contribution is -2.48. The Morgan fingerprint density at radius 1 is 1.43 bits per heavy atom. The van der Waals surface area contributed by atoms with Crippen molar-refractivity contribution in [2.45, 2.75) is 18.9 Å². The molecule has 0 aliphatic carbocycles. The second-order valence-electron chi connectivity index (χ2n) is 5.49. The maximum absolute atomic E-state index is 11.7. The van der Waals surface area contributed by atoms with Crippen LogP contribution >= 0.6 is 0 Å². The molecule has 2 aromatic rings. The first-order valence-electron chi connectivity index (χ1n) is 6.97. The first-order chi connectivity index (χ1) is 9.97. The van der Waals surface area contributed by atoms with Crippen molar-refractivity contribution in [3.63, 3.8) is 0 Å². The number of hydrogen-bond donors (Lipinski definition) is 0.